The minimum Gasteiger partial charge on any atom is -0.495 e. The third kappa shape index (κ3) is 3.05. The third-order valence-corrected chi connectivity index (χ3v) is 2.77. The van der Waals surface area contributed by atoms with E-state index in [0.717, 1.165) is 17.1 Å². The molecule has 2 aromatic carbocycles. The van der Waals surface area contributed by atoms with Gasteiger partial charge in [-0.05, 0) is 42.5 Å². The Morgan fingerprint density at radius 2 is 1.59 bits per heavy atom. The highest BCUT2D eigenvalue weighted by atomic mass is 35.5. The van der Waals surface area contributed by atoms with Crippen molar-refractivity contribution >= 4 is 34.6 Å². The van der Waals surface area contributed by atoms with Crippen LogP contribution in [0.4, 0.5) is 11.4 Å². The van der Waals surface area contributed by atoms with Gasteiger partial charge >= 0.3 is 0 Å². The average molecular weight is 268 g/mol. The summed E-state index contributed by atoms with van der Waals surface area (Å²) in [6.45, 7) is 0. The summed E-state index contributed by atoms with van der Waals surface area (Å²) in [6, 6.07) is 12.8. The smallest absolute Gasteiger partial charge is 0.142 e. The molecule has 0 aromatic heterocycles. The van der Waals surface area contributed by atoms with E-state index in [-0.39, 0.29) is 0 Å². The Balaban J connectivity index is 2.28. The molecule has 2 aromatic rings. The van der Waals surface area contributed by atoms with E-state index in [1.54, 1.807) is 13.2 Å². The fourth-order valence-electron chi connectivity index (χ4n) is 1.47. The molecule has 0 spiro atoms. The highest BCUT2D eigenvalue weighted by Crippen LogP contribution is 2.30. The fourth-order valence-corrected chi connectivity index (χ4v) is 1.76. The number of methoxy groups -OCH3 is 1. The van der Waals surface area contributed by atoms with Gasteiger partial charge in [0, 0.05) is 15.7 Å². The maximum atomic E-state index is 5.95. The summed E-state index contributed by atoms with van der Waals surface area (Å²) in [5, 5.41) is 4.58. The van der Waals surface area contributed by atoms with E-state index in [9.17, 15) is 0 Å². The molecular weight excluding hydrogens is 257 g/mol. The molecule has 0 unspecified atom stereocenters. The van der Waals surface area contributed by atoms with Crippen LogP contribution in [0.3, 0.4) is 0 Å². The minimum absolute atomic E-state index is 0.655. The SMILES string of the molecule is COc1ccc(Cl)cc1Nc1ccc(Cl)cc1. The molecule has 0 bridgehead atoms. The lowest BCUT2D eigenvalue weighted by Gasteiger charge is -2.11. The van der Waals surface area contributed by atoms with Gasteiger partial charge in [0.05, 0.1) is 12.8 Å². The molecule has 0 fully saturated rings. The Labute approximate surface area is 110 Å². The largest absolute Gasteiger partial charge is 0.495 e. The second kappa shape index (κ2) is 5.30. The van der Waals surface area contributed by atoms with Crippen LogP contribution >= 0.6 is 23.2 Å². The number of anilines is 2. The fraction of sp³-hybridized carbons (Fsp3) is 0.0769. The maximum Gasteiger partial charge on any atom is 0.142 e. The molecule has 0 heterocycles. The van der Waals surface area contributed by atoms with Crippen LogP contribution in [-0.4, -0.2) is 7.11 Å². The Morgan fingerprint density at radius 3 is 2.24 bits per heavy atom. The van der Waals surface area contributed by atoms with Gasteiger partial charge < -0.3 is 10.1 Å². The van der Waals surface area contributed by atoms with Gasteiger partial charge in [-0.2, -0.15) is 0 Å². The molecule has 1 N–H and O–H groups in total. The van der Waals surface area contributed by atoms with Gasteiger partial charge in [-0.15, -0.1) is 0 Å². The number of hydrogen-bond donors (Lipinski definition) is 1. The summed E-state index contributed by atoms with van der Waals surface area (Å²) in [4.78, 5) is 0. The lowest BCUT2D eigenvalue weighted by molar-refractivity contribution is 0.417. The molecule has 0 radical (unpaired) electrons. The summed E-state index contributed by atoms with van der Waals surface area (Å²) < 4.78 is 5.25. The summed E-state index contributed by atoms with van der Waals surface area (Å²) in [5.41, 5.74) is 1.75. The number of rotatable bonds is 3. The van der Waals surface area contributed by atoms with E-state index in [1.807, 2.05) is 36.4 Å². The van der Waals surface area contributed by atoms with Gasteiger partial charge in [-0.3, -0.25) is 0 Å². The number of ether oxygens (including phenoxy) is 1. The van der Waals surface area contributed by atoms with Crippen LogP contribution in [0.1, 0.15) is 0 Å². The number of nitrogens with one attached hydrogen (secondary N) is 1. The highest BCUT2D eigenvalue weighted by Gasteiger charge is 2.04. The van der Waals surface area contributed by atoms with Crippen LogP contribution in [0.15, 0.2) is 42.5 Å². The van der Waals surface area contributed by atoms with Crippen LogP contribution in [-0.2, 0) is 0 Å². The molecule has 17 heavy (non-hydrogen) atoms. The van der Waals surface area contributed by atoms with Gasteiger partial charge in [0.1, 0.15) is 5.75 Å². The van der Waals surface area contributed by atoms with Crippen molar-refractivity contribution < 1.29 is 4.74 Å². The van der Waals surface area contributed by atoms with Crippen molar-refractivity contribution in [2.45, 2.75) is 0 Å². The molecule has 0 atom stereocenters. The normalized spacial score (nSPS) is 10.1. The molecule has 0 amide bonds. The van der Waals surface area contributed by atoms with Gasteiger partial charge in [-0.25, -0.2) is 0 Å². The molecular formula is C13H11Cl2NO. The van der Waals surface area contributed by atoms with E-state index >= 15 is 0 Å². The predicted octanol–water partition coefficient (Wildman–Crippen LogP) is 4.75. The second-order valence-corrected chi connectivity index (χ2v) is 4.35. The first-order valence-electron chi connectivity index (χ1n) is 5.05. The lowest BCUT2D eigenvalue weighted by Crippen LogP contribution is -1.94. The number of halogens is 2. The van der Waals surface area contributed by atoms with Crippen molar-refractivity contribution in [2.24, 2.45) is 0 Å². The second-order valence-electron chi connectivity index (χ2n) is 3.48. The van der Waals surface area contributed by atoms with E-state index in [2.05, 4.69) is 5.32 Å². The van der Waals surface area contributed by atoms with Gasteiger partial charge in [0.15, 0.2) is 0 Å². The first-order chi connectivity index (χ1) is 8.19. The summed E-state index contributed by atoms with van der Waals surface area (Å²) in [6.07, 6.45) is 0. The van der Waals surface area contributed by atoms with E-state index in [0.29, 0.717) is 10.0 Å². The van der Waals surface area contributed by atoms with Crippen LogP contribution in [0, 0.1) is 0 Å². The van der Waals surface area contributed by atoms with Crippen LogP contribution in [0.25, 0.3) is 0 Å². The third-order valence-electron chi connectivity index (χ3n) is 2.28. The summed E-state index contributed by atoms with van der Waals surface area (Å²) in [5.74, 6) is 0.740. The topological polar surface area (TPSA) is 21.3 Å². The first-order valence-corrected chi connectivity index (χ1v) is 5.81. The van der Waals surface area contributed by atoms with E-state index in [1.165, 1.54) is 0 Å². The molecule has 88 valence electrons. The molecule has 2 nitrogen and oxygen atoms in total. The standard InChI is InChI=1S/C13H11Cl2NO/c1-17-13-7-4-10(15)8-12(13)16-11-5-2-9(14)3-6-11/h2-8,16H,1H3. The molecule has 0 saturated heterocycles. The molecule has 0 aliphatic heterocycles. The predicted molar refractivity (Wildman–Crippen MR) is 72.7 cm³/mol. The zero-order valence-corrected chi connectivity index (χ0v) is 10.7. The van der Waals surface area contributed by atoms with Crippen molar-refractivity contribution in [3.63, 3.8) is 0 Å². The Morgan fingerprint density at radius 1 is 0.941 bits per heavy atom. The molecule has 0 aliphatic carbocycles. The van der Waals surface area contributed by atoms with Crippen molar-refractivity contribution in [1.82, 2.24) is 0 Å². The zero-order chi connectivity index (χ0) is 12.3. The van der Waals surface area contributed by atoms with Crippen molar-refractivity contribution in [3.8, 4) is 5.75 Å². The zero-order valence-electron chi connectivity index (χ0n) is 9.21. The number of benzene rings is 2. The quantitative estimate of drug-likeness (QED) is 0.867. The Bertz CT molecular complexity index is 511. The van der Waals surface area contributed by atoms with Gasteiger partial charge in [0.2, 0.25) is 0 Å². The van der Waals surface area contributed by atoms with Crippen molar-refractivity contribution in [2.75, 3.05) is 12.4 Å². The highest BCUT2D eigenvalue weighted by molar-refractivity contribution is 6.31. The van der Waals surface area contributed by atoms with Crippen LogP contribution < -0.4 is 10.1 Å². The Hall–Kier alpha value is -1.38. The lowest BCUT2D eigenvalue weighted by atomic mass is 10.2. The first kappa shape index (κ1) is 12.1. The maximum absolute atomic E-state index is 5.95. The van der Waals surface area contributed by atoms with Crippen LogP contribution in [0.5, 0.6) is 5.75 Å². The molecule has 0 saturated carbocycles. The molecule has 4 heteroatoms. The monoisotopic (exact) mass is 267 g/mol. The average Bonchev–Trinajstić information content (AvgIpc) is 2.32. The Kier molecular flexibility index (Phi) is 3.77. The summed E-state index contributed by atoms with van der Waals surface area (Å²) >= 11 is 11.8. The van der Waals surface area contributed by atoms with Gasteiger partial charge in [0.25, 0.3) is 0 Å². The summed E-state index contributed by atoms with van der Waals surface area (Å²) in [7, 11) is 1.62. The molecule has 0 aliphatic rings. The van der Waals surface area contributed by atoms with Crippen molar-refractivity contribution in [1.29, 1.82) is 0 Å². The van der Waals surface area contributed by atoms with E-state index < -0.39 is 0 Å². The number of hydrogen-bond acceptors (Lipinski definition) is 2. The van der Waals surface area contributed by atoms with Crippen molar-refractivity contribution in [3.05, 3.63) is 52.5 Å². The van der Waals surface area contributed by atoms with Crippen LogP contribution in [0.2, 0.25) is 10.0 Å². The molecule has 2 rings (SSSR count). The van der Waals surface area contributed by atoms with E-state index in [4.69, 9.17) is 27.9 Å². The van der Waals surface area contributed by atoms with Gasteiger partial charge in [-0.1, -0.05) is 23.2 Å². The minimum atomic E-state index is 0.655.